The standard InChI is InChI=1S/C15H16N2O5S/c1-9-8-10(13(20)16-6-2-5-12(18)19)15(23-9)17-14(21)11-4-3-7-22-11/h3-4,7-8H,2,5-6H2,1H3,(H,16,20)(H,17,21)(H,18,19). The quantitative estimate of drug-likeness (QED) is 0.673. The lowest BCUT2D eigenvalue weighted by atomic mass is 10.2. The lowest BCUT2D eigenvalue weighted by Gasteiger charge is -2.06. The van der Waals surface area contributed by atoms with Gasteiger partial charge in [-0.25, -0.2) is 0 Å². The molecular formula is C15H16N2O5S. The van der Waals surface area contributed by atoms with Gasteiger partial charge in [0.25, 0.3) is 11.8 Å². The molecular weight excluding hydrogens is 320 g/mol. The van der Waals surface area contributed by atoms with E-state index in [1.54, 1.807) is 12.1 Å². The van der Waals surface area contributed by atoms with Gasteiger partial charge in [-0.1, -0.05) is 0 Å². The van der Waals surface area contributed by atoms with Crippen molar-refractivity contribution in [2.24, 2.45) is 0 Å². The average molecular weight is 336 g/mol. The van der Waals surface area contributed by atoms with E-state index >= 15 is 0 Å². The lowest BCUT2D eigenvalue weighted by Crippen LogP contribution is -2.25. The Bertz CT molecular complexity index is 706. The highest BCUT2D eigenvalue weighted by atomic mass is 32.1. The van der Waals surface area contributed by atoms with E-state index in [4.69, 9.17) is 9.52 Å². The Kier molecular flexibility index (Phi) is 5.53. The van der Waals surface area contributed by atoms with Crippen LogP contribution in [0, 0.1) is 6.92 Å². The summed E-state index contributed by atoms with van der Waals surface area (Å²) in [7, 11) is 0. The Morgan fingerprint density at radius 1 is 1.30 bits per heavy atom. The number of carboxylic acids is 1. The normalized spacial score (nSPS) is 10.3. The van der Waals surface area contributed by atoms with Crippen molar-refractivity contribution in [2.45, 2.75) is 19.8 Å². The predicted molar refractivity (Wildman–Crippen MR) is 84.9 cm³/mol. The van der Waals surface area contributed by atoms with Crippen LogP contribution in [0.1, 0.15) is 38.6 Å². The van der Waals surface area contributed by atoms with Crippen molar-refractivity contribution < 1.29 is 23.9 Å². The van der Waals surface area contributed by atoms with E-state index in [2.05, 4.69) is 10.6 Å². The number of amides is 2. The van der Waals surface area contributed by atoms with Crippen molar-refractivity contribution in [1.82, 2.24) is 5.32 Å². The molecule has 122 valence electrons. The fourth-order valence-corrected chi connectivity index (χ4v) is 2.79. The van der Waals surface area contributed by atoms with Gasteiger partial charge in [0.2, 0.25) is 0 Å². The molecule has 0 radical (unpaired) electrons. The summed E-state index contributed by atoms with van der Waals surface area (Å²) in [6.45, 7) is 2.08. The zero-order chi connectivity index (χ0) is 16.8. The van der Waals surface area contributed by atoms with Gasteiger partial charge in [0.15, 0.2) is 5.76 Å². The Morgan fingerprint density at radius 2 is 2.09 bits per heavy atom. The van der Waals surface area contributed by atoms with Gasteiger partial charge in [-0.15, -0.1) is 11.3 Å². The minimum atomic E-state index is -0.906. The largest absolute Gasteiger partial charge is 0.481 e. The number of aryl methyl sites for hydroxylation is 1. The van der Waals surface area contributed by atoms with E-state index in [0.29, 0.717) is 17.0 Å². The maximum Gasteiger partial charge on any atom is 0.303 e. The van der Waals surface area contributed by atoms with Crippen LogP contribution in [0.2, 0.25) is 0 Å². The minimum absolute atomic E-state index is 0.00890. The van der Waals surface area contributed by atoms with E-state index in [1.807, 2.05) is 6.92 Å². The Morgan fingerprint density at radius 3 is 2.74 bits per heavy atom. The van der Waals surface area contributed by atoms with Crippen LogP contribution in [-0.4, -0.2) is 29.4 Å². The topological polar surface area (TPSA) is 109 Å². The van der Waals surface area contributed by atoms with E-state index in [0.717, 1.165) is 4.88 Å². The van der Waals surface area contributed by atoms with Crippen molar-refractivity contribution in [3.05, 3.63) is 40.7 Å². The Balaban J connectivity index is 2.00. The molecule has 0 bridgehead atoms. The summed E-state index contributed by atoms with van der Waals surface area (Å²) in [5.74, 6) is -1.54. The number of hydrogen-bond donors (Lipinski definition) is 3. The summed E-state index contributed by atoms with van der Waals surface area (Å²) in [4.78, 5) is 35.5. The maximum atomic E-state index is 12.2. The van der Waals surface area contributed by atoms with Gasteiger partial charge in [0.05, 0.1) is 11.8 Å². The Hall–Kier alpha value is -2.61. The molecule has 2 rings (SSSR count). The van der Waals surface area contributed by atoms with Crippen LogP contribution in [0.5, 0.6) is 0 Å². The van der Waals surface area contributed by atoms with Crippen molar-refractivity contribution in [2.75, 3.05) is 11.9 Å². The predicted octanol–water partition coefficient (Wildman–Crippen LogP) is 2.50. The number of aliphatic carboxylic acids is 1. The maximum absolute atomic E-state index is 12.2. The van der Waals surface area contributed by atoms with Gasteiger partial charge in [0.1, 0.15) is 5.00 Å². The highest BCUT2D eigenvalue weighted by Crippen LogP contribution is 2.28. The second-order valence-corrected chi connectivity index (χ2v) is 6.04. The van der Waals surface area contributed by atoms with Crippen LogP contribution in [0.3, 0.4) is 0 Å². The molecule has 2 amide bonds. The molecule has 2 heterocycles. The summed E-state index contributed by atoms with van der Waals surface area (Å²) >= 11 is 1.28. The number of rotatable bonds is 7. The zero-order valence-electron chi connectivity index (χ0n) is 12.4. The molecule has 0 fully saturated rings. The van der Waals surface area contributed by atoms with Crippen molar-refractivity contribution in [1.29, 1.82) is 0 Å². The van der Waals surface area contributed by atoms with Gasteiger partial charge in [-0.05, 0) is 31.5 Å². The molecule has 8 heteroatoms. The van der Waals surface area contributed by atoms with E-state index in [1.165, 1.54) is 23.7 Å². The molecule has 0 aromatic carbocycles. The number of nitrogens with one attached hydrogen (secondary N) is 2. The van der Waals surface area contributed by atoms with Crippen LogP contribution in [0.25, 0.3) is 0 Å². The van der Waals surface area contributed by atoms with Gasteiger partial charge in [0, 0.05) is 17.8 Å². The van der Waals surface area contributed by atoms with Crippen molar-refractivity contribution in [3.63, 3.8) is 0 Å². The van der Waals surface area contributed by atoms with Crippen LogP contribution in [-0.2, 0) is 4.79 Å². The number of hydrogen-bond acceptors (Lipinski definition) is 5. The first-order chi connectivity index (χ1) is 11.0. The fraction of sp³-hybridized carbons (Fsp3) is 0.267. The minimum Gasteiger partial charge on any atom is -0.481 e. The molecule has 0 aliphatic rings. The Labute approximate surface area is 136 Å². The van der Waals surface area contributed by atoms with Crippen LogP contribution < -0.4 is 10.6 Å². The van der Waals surface area contributed by atoms with E-state index in [9.17, 15) is 14.4 Å². The molecule has 2 aromatic rings. The molecule has 0 atom stereocenters. The summed E-state index contributed by atoms with van der Waals surface area (Å²) in [6.07, 6.45) is 1.73. The van der Waals surface area contributed by atoms with Gasteiger partial charge < -0.3 is 20.2 Å². The monoisotopic (exact) mass is 336 g/mol. The second-order valence-electron chi connectivity index (χ2n) is 4.78. The molecule has 7 nitrogen and oxygen atoms in total. The number of thiophene rings is 1. The molecule has 23 heavy (non-hydrogen) atoms. The van der Waals surface area contributed by atoms with Gasteiger partial charge in [-0.2, -0.15) is 0 Å². The van der Waals surface area contributed by atoms with Crippen LogP contribution in [0.4, 0.5) is 5.00 Å². The summed E-state index contributed by atoms with van der Waals surface area (Å²) in [5, 5.41) is 14.3. The number of carbonyl (C=O) groups is 3. The zero-order valence-corrected chi connectivity index (χ0v) is 13.2. The first kappa shape index (κ1) is 16.8. The SMILES string of the molecule is Cc1cc(C(=O)NCCCC(=O)O)c(NC(=O)c2ccco2)s1. The third-order valence-corrected chi connectivity index (χ3v) is 3.89. The molecule has 2 aromatic heterocycles. The van der Waals surface area contributed by atoms with Crippen molar-refractivity contribution in [3.8, 4) is 0 Å². The molecule has 0 aliphatic carbocycles. The molecule has 3 N–H and O–H groups in total. The lowest BCUT2D eigenvalue weighted by molar-refractivity contribution is -0.137. The number of anilines is 1. The highest BCUT2D eigenvalue weighted by Gasteiger charge is 2.18. The second kappa shape index (κ2) is 7.59. The first-order valence-electron chi connectivity index (χ1n) is 6.92. The third-order valence-electron chi connectivity index (χ3n) is 2.92. The molecule has 0 unspecified atom stereocenters. The van der Waals surface area contributed by atoms with Crippen LogP contribution >= 0.6 is 11.3 Å². The first-order valence-corrected chi connectivity index (χ1v) is 7.74. The third kappa shape index (κ3) is 4.68. The highest BCUT2D eigenvalue weighted by molar-refractivity contribution is 7.16. The summed E-state index contributed by atoms with van der Waals surface area (Å²) in [6, 6.07) is 4.81. The smallest absolute Gasteiger partial charge is 0.303 e. The average Bonchev–Trinajstić information content (AvgIpc) is 3.13. The number of carbonyl (C=O) groups excluding carboxylic acids is 2. The molecule has 0 spiro atoms. The molecule has 0 aliphatic heterocycles. The fourth-order valence-electron chi connectivity index (χ4n) is 1.88. The molecule has 0 saturated carbocycles. The number of furan rings is 1. The number of carboxylic acid groups (broad SMARTS) is 1. The molecule has 0 saturated heterocycles. The summed E-state index contributed by atoms with van der Waals surface area (Å²) in [5.41, 5.74) is 0.350. The van der Waals surface area contributed by atoms with E-state index in [-0.39, 0.29) is 24.6 Å². The van der Waals surface area contributed by atoms with Gasteiger partial charge in [-0.3, -0.25) is 14.4 Å². The van der Waals surface area contributed by atoms with Gasteiger partial charge >= 0.3 is 5.97 Å². The van der Waals surface area contributed by atoms with Crippen LogP contribution in [0.15, 0.2) is 28.9 Å². The summed E-state index contributed by atoms with van der Waals surface area (Å²) < 4.78 is 5.01. The van der Waals surface area contributed by atoms with Crippen molar-refractivity contribution >= 4 is 34.1 Å². The van der Waals surface area contributed by atoms with E-state index < -0.39 is 11.9 Å².